The Morgan fingerprint density at radius 3 is 2.28 bits per heavy atom. The molecule has 4 unspecified atom stereocenters. The van der Waals surface area contributed by atoms with E-state index in [-0.39, 0.29) is 15.7 Å². The molecule has 160 valence electrons. The van der Waals surface area contributed by atoms with Gasteiger partial charge < -0.3 is 4.74 Å². The predicted octanol–water partition coefficient (Wildman–Crippen LogP) is 6.81. The molecule has 32 heavy (non-hydrogen) atoms. The van der Waals surface area contributed by atoms with Crippen molar-refractivity contribution in [3.63, 3.8) is 0 Å². The predicted molar refractivity (Wildman–Crippen MR) is 136 cm³/mol. The number of fused-ring (bicyclic) bond motifs is 10. The van der Waals surface area contributed by atoms with Gasteiger partial charge in [-0.15, -0.1) is 11.8 Å². The third-order valence-electron chi connectivity index (χ3n) is 7.64. The van der Waals surface area contributed by atoms with Crippen LogP contribution in [-0.2, 0) is 4.74 Å². The standard InChI is InChI=1S/C27H23NOS3/c1-26-24(28-25(32-26)16-10-4-3-5-11-16)23-21(17-12-6-8-14-19(17)30-23)22-18-13-7-9-15-20(18)31-27(22,26)29-2/h3-15,21-24H,1-2H3/t21?,22?,23?,24?,26-,27-/m0/s1. The van der Waals surface area contributed by atoms with Gasteiger partial charge >= 0.3 is 0 Å². The van der Waals surface area contributed by atoms with Crippen LogP contribution in [0.5, 0.6) is 0 Å². The first-order chi connectivity index (χ1) is 15.7. The van der Waals surface area contributed by atoms with Gasteiger partial charge in [-0.05, 0) is 30.2 Å². The summed E-state index contributed by atoms with van der Waals surface area (Å²) in [6.45, 7) is 2.41. The summed E-state index contributed by atoms with van der Waals surface area (Å²) < 4.78 is 6.50. The first kappa shape index (κ1) is 19.8. The van der Waals surface area contributed by atoms with Crippen molar-refractivity contribution in [1.82, 2.24) is 0 Å². The second kappa shape index (κ2) is 6.92. The van der Waals surface area contributed by atoms with Gasteiger partial charge in [0.1, 0.15) is 4.93 Å². The Morgan fingerprint density at radius 1 is 0.812 bits per heavy atom. The van der Waals surface area contributed by atoms with E-state index in [1.807, 2.05) is 42.4 Å². The monoisotopic (exact) mass is 473 g/mol. The summed E-state index contributed by atoms with van der Waals surface area (Å²) in [6, 6.07) is 28.8. The molecule has 0 N–H and O–H groups in total. The zero-order chi connectivity index (χ0) is 21.5. The van der Waals surface area contributed by atoms with Crippen molar-refractivity contribution in [3.05, 3.63) is 95.6 Å². The molecular formula is C27H23NOS3. The van der Waals surface area contributed by atoms with Gasteiger partial charge in [-0.25, -0.2) is 0 Å². The Kier molecular flexibility index (Phi) is 4.28. The van der Waals surface area contributed by atoms with Gasteiger partial charge in [0.2, 0.25) is 0 Å². The molecule has 0 radical (unpaired) electrons. The van der Waals surface area contributed by atoms with Crippen LogP contribution in [0.4, 0.5) is 0 Å². The van der Waals surface area contributed by atoms with Gasteiger partial charge in [-0.3, -0.25) is 4.99 Å². The molecule has 4 aliphatic rings. The van der Waals surface area contributed by atoms with Crippen molar-refractivity contribution in [1.29, 1.82) is 0 Å². The van der Waals surface area contributed by atoms with E-state index in [9.17, 15) is 0 Å². The smallest absolute Gasteiger partial charge is 0.142 e. The Morgan fingerprint density at radius 2 is 1.50 bits per heavy atom. The molecule has 0 aromatic heterocycles. The van der Waals surface area contributed by atoms with E-state index in [2.05, 4.69) is 85.8 Å². The van der Waals surface area contributed by atoms with Crippen LogP contribution < -0.4 is 0 Å². The minimum atomic E-state index is -0.370. The first-order valence-electron chi connectivity index (χ1n) is 11.1. The maximum absolute atomic E-state index is 6.67. The van der Waals surface area contributed by atoms with Crippen LogP contribution >= 0.6 is 35.3 Å². The van der Waals surface area contributed by atoms with E-state index in [1.54, 1.807) is 0 Å². The van der Waals surface area contributed by atoms with Crippen LogP contribution in [0.3, 0.4) is 0 Å². The molecule has 7 rings (SSSR count). The normalized spacial score (nSPS) is 36.0. The lowest BCUT2D eigenvalue weighted by atomic mass is 9.64. The zero-order valence-corrected chi connectivity index (χ0v) is 20.3. The van der Waals surface area contributed by atoms with E-state index < -0.39 is 0 Å². The summed E-state index contributed by atoms with van der Waals surface area (Å²) in [7, 11) is 1.92. The average Bonchev–Trinajstić information content (AvgIpc) is 3.49. The first-order valence-corrected chi connectivity index (χ1v) is 13.6. The highest BCUT2D eigenvalue weighted by Crippen LogP contribution is 2.75. The average molecular weight is 474 g/mol. The lowest BCUT2D eigenvalue weighted by Crippen LogP contribution is -2.64. The van der Waals surface area contributed by atoms with E-state index in [4.69, 9.17) is 9.73 Å². The summed E-state index contributed by atoms with van der Waals surface area (Å²) in [5.74, 6) is 0.693. The topological polar surface area (TPSA) is 21.6 Å². The number of hydrogen-bond donors (Lipinski definition) is 0. The van der Waals surface area contributed by atoms with Crippen LogP contribution in [0.1, 0.15) is 35.4 Å². The number of methoxy groups -OCH3 is 1. The van der Waals surface area contributed by atoms with Gasteiger partial charge in [0.05, 0.1) is 15.8 Å². The van der Waals surface area contributed by atoms with Crippen LogP contribution in [-0.4, -0.2) is 33.1 Å². The summed E-state index contributed by atoms with van der Waals surface area (Å²) in [6.07, 6.45) is 0. The van der Waals surface area contributed by atoms with Crippen LogP contribution in [0.25, 0.3) is 0 Å². The maximum Gasteiger partial charge on any atom is 0.142 e. The Balaban J connectivity index is 1.47. The van der Waals surface area contributed by atoms with Crippen LogP contribution in [0.15, 0.2) is 93.6 Å². The van der Waals surface area contributed by atoms with Gasteiger partial charge in [0.15, 0.2) is 0 Å². The number of benzene rings is 3. The fourth-order valence-corrected chi connectivity index (χ4v) is 11.4. The maximum atomic E-state index is 6.67. The third-order valence-corrected chi connectivity index (χ3v) is 12.5. The summed E-state index contributed by atoms with van der Waals surface area (Å²) in [5, 5.41) is 1.56. The zero-order valence-electron chi connectivity index (χ0n) is 17.9. The SMILES string of the molecule is CO[C@]12Sc3ccccc3C1C1c3ccccc3SC1C1N=C(c3ccccc3)S[C@@]12C. The fraction of sp³-hybridized carbons (Fsp3) is 0.296. The molecule has 1 fully saturated rings. The summed E-state index contributed by atoms with van der Waals surface area (Å²) >= 11 is 5.92. The van der Waals surface area contributed by atoms with Crippen LogP contribution in [0.2, 0.25) is 0 Å². The van der Waals surface area contributed by atoms with E-state index >= 15 is 0 Å². The minimum Gasteiger partial charge on any atom is -0.365 e. The highest BCUT2D eigenvalue weighted by Gasteiger charge is 2.73. The number of hydrogen-bond acceptors (Lipinski definition) is 5. The molecule has 0 spiro atoms. The van der Waals surface area contributed by atoms with Crippen molar-refractivity contribution in [2.75, 3.05) is 7.11 Å². The van der Waals surface area contributed by atoms with Gasteiger partial charge in [-0.1, -0.05) is 90.3 Å². The molecule has 2 nitrogen and oxygen atoms in total. The Labute approximate surface area is 201 Å². The molecule has 1 saturated carbocycles. The lowest BCUT2D eigenvalue weighted by Gasteiger charge is -2.55. The van der Waals surface area contributed by atoms with Crippen molar-refractivity contribution < 1.29 is 4.74 Å². The molecule has 3 aromatic carbocycles. The van der Waals surface area contributed by atoms with Gasteiger partial charge in [0, 0.05) is 39.5 Å². The molecule has 5 heteroatoms. The molecule has 0 amide bonds. The van der Waals surface area contributed by atoms with Gasteiger partial charge in [0.25, 0.3) is 0 Å². The molecular weight excluding hydrogens is 451 g/mol. The third kappa shape index (κ3) is 2.38. The molecule has 0 saturated heterocycles. The van der Waals surface area contributed by atoms with Crippen molar-refractivity contribution in [3.8, 4) is 0 Å². The molecule has 3 aromatic rings. The largest absolute Gasteiger partial charge is 0.365 e. The van der Waals surface area contributed by atoms with Gasteiger partial charge in [-0.2, -0.15) is 0 Å². The number of aliphatic imine (C=N–C) groups is 1. The quantitative estimate of drug-likeness (QED) is 0.407. The number of nitrogens with zero attached hydrogens (tertiary/aromatic N) is 1. The van der Waals surface area contributed by atoms with Crippen molar-refractivity contribution in [2.45, 2.75) is 49.5 Å². The second-order valence-electron chi connectivity index (χ2n) is 9.09. The lowest BCUT2D eigenvalue weighted by molar-refractivity contribution is -0.0100. The molecule has 0 bridgehead atoms. The highest BCUT2D eigenvalue weighted by atomic mass is 32.2. The minimum absolute atomic E-state index is 0.169. The molecule has 6 atom stereocenters. The number of rotatable bonds is 2. The highest BCUT2D eigenvalue weighted by molar-refractivity contribution is 8.17. The Bertz CT molecular complexity index is 1260. The molecule has 3 aliphatic heterocycles. The van der Waals surface area contributed by atoms with Crippen molar-refractivity contribution >= 4 is 40.3 Å². The fourth-order valence-electron chi connectivity index (χ4n) is 6.28. The van der Waals surface area contributed by atoms with Crippen molar-refractivity contribution in [2.24, 2.45) is 4.99 Å². The molecule has 1 aliphatic carbocycles. The van der Waals surface area contributed by atoms with Crippen LogP contribution in [0, 0.1) is 0 Å². The molecule has 3 heterocycles. The summed E-state index contributed by atoms with van der Waals surface area (Å²) in [5.41, 5.74) is 4.13. The van der Waals surface area contributed by atoms with E-state index in [1.165, 1.54) is 26.5 Å². The number of thioether (sulfide) groups is 3. The van der Waals surface area contributed by atoms with E-state index in [0.29, 0.717) is 17.1 Å². The summed E-state index contributed by atoms with van der Waals surface area (Å²) in [4.78, 5) is 7.87. The van der Waals surface area contributed by atoms with E-state index in [0.717, 1.165) is 5.04 Å². The Hall–Kier alpha value is -1.66. The number of ether oxygens (including phenoxy) is 1. The second-order valence-corrected chi connectivity index (χ2v) is 13.0.